The summed E-state index contributed by atoms with van der Waals surface area (Å²) in [5.41, 5.74) is 2.96. The molecular formula is C28H33N3O3. The minimum atomic E-state index is -0.216. The molecule has 0 heterocycles. The molecule has 0 aliphatic carbocycles. The quantitative estimate of drug-likeness (QED) is 0.414. The van der Waals surface area contributed by atoms with Crippen molar-refractivity contribution >= 4 is 17.5 Å². The van der Waals surface area contributed by atoms with Crippen molar-refractivity contribution in [2.45, 2.75) is 20.3 Å². The lowest BCUT2D eigenvalue weighted by Crippen LogP contribution is -2.34. The van der Waals surface area contributed by atoms with Crippen molar-refractivity contribution in [1.82, 2.24) is 10.2 Å². The molecule has 0 saturated heterocycles. The van der Waals surface area contributed by atoms with Gasteiger partial charge in [-0.25, -0.2) is 0 Å². The van der Waals surface area contributed by atoms with E-state index in [1.165, 1.54) is 5.56 Å². The normalized spacial score (nSPS) is 10.7. The van der Waals surface area contributed by atoms with Crippen molar-refractivity contribution in [2.24, 2.45) is 0 Å². The number of hydrogen-bond acceptors (Lipinski definition) is 4. The van der Waals surface area contributed by atoms with E-state index in [1.54, 1.807) is 48.5 Å². The van der Waals surface area contributed by atoms with Gasteiger partial charge in [-0.3, -0.25) is 9.59 Å². The van der Waals surface area contributed by atoms with Crippen molar-refractivity contribution in [3.63, 3.8) is 0 Å². The van der Waals surface area contributed by atoms with Gasteiger partial charge in [-0.1, -0.05) is 44.2 Å². The molecule has 6 nitrogen and oxygen atoms in total. The van der Waals surface area contributed by atoms with E-state index in [2.05, 4.69) is 41.5 Å². The summed E-state index contributed by atoms with van der Waals surface area (Å²) in [7, 11) is 0. The molecule has 0 bridgehead atoms. The minimum absolute atomic E-state index is 0.118. The van der Waals surface area contributed by atoms with Crippen molar-refractivity contribution < 1.29 is 14.3 Å². The van der Waals surface area contributed by atoms with Crippen LogP contribution in [0.3, 0.4) is 0 Å². The zero-order valence-corrected chi connectivity index (χ0v) is 19.9. The van der Waals surface area contributed by atoms with E-state index in [1.807, 2.05) is 18.2 Å². The number of rotatable bonds is 12. The lowest BCUT2D eigenvalue weighted by Gasteiger charge is -2.18. The topological polar surface area (TPSA) is 70.7 Å². The Morgan fingerprint density at radius 2 is 1.41 bits per heavy atom. The van der Waals surface area contributed by atoms with Crippen molar-refractivity contribution in [3.8, 4) is 5.75 Å². The largest absolute Gasteiger partial charge is 0.493 e. The van der Waals surface area contributed by atoms with Gasteiger partial charge in [0.25, 0.3) is 11.8 Å². The SMILES string of the molecule is CCN(CC)CCNC(=O)c1ccc(NC(=O)c2ccc(OCCc3ccccc3)cc2)cc1. The van der Waals surface area contributed by atoms with Gasteiger partial charge in [-0.2, -0.15) is 0 Å². The van der Waals surface area contributed by atoms with Gasteiger partial charge >= 0.3 is 0 Å². The Kier molecular flexibility index (Phi) is 9.67. The molecule has 3 aromatic rings. The summed E-state index contributed by atoms with van der Waals surface area (Å²) in [5.74, 6) is 0.393. The summed E-state index contributed by atoms with van der Waals surface area (Å²) >= 11 is 0. The Bertz CT molecular complexity index is 1030. The van der Waals surface area contributed by atoms with Crippen LogP contribution in [0.4, 0.5) is 5.69 Å². The number of anilines is 1. The van der Waals surface area contributed by atoms with Crippen LogP contribution in [0.25, 0.3) is 0 Å². The van der Waals surface area contributed by atoms with Gasteiger partial charge in [0.05, 0.1) is 6.61 Å². The highest BCUT2D eigenvalue weighted by Gasteiger charge is 2.09. The highest BCUT2D eigenvalue weighted by molar-refractivity contribution is 6.04. The minimum Gasteiger partial charge on any atom is -0.493 e. The summed E-state index contributed by atoms with van der Waals surface area (Å²) < 4.78 is 5.78. The van der Waals surface area contributed by atoms with Crippen LogP contribution < -0.4 is 15.4 Å². The average molecular weight is 460 g/mol. The van der Waals surface area contributed by atoms with Crippen LogP contribution in [0, 0.1) is 0 Å². The molecule has 0 fully saturated rings. The number of carbonyl (C=O) groups is 2. The van der Waals surface area contributed by atoms with Crippen molar-refractivity contribution in [3.05, 3.63) is 95.6 Å². The zero-order valence-electron chi connectivity index (χ0n) is 19.9. The molecule has 0 unspecified atom stereocenters. The van der Waals surface area contributed by atoms with Gasteiger partial charge in [-0.05, 0) is 67.2 Å². The van der Waals surface area contributed by atoms with Gasteiger partial charge in [0.2, 0.25) is 0 Å². The first-order valence-corrected chi connectivity index (χ1v) is 11.8. The van der Waals surface area contributed by atoms with Gasteiger partial charge in [-0.15, -0.1) is 0 Å². The maximum atomic E-state index is 12.6. The second kappa shape index (κ2) is 13.2. The maximum Gasteiger partial charge on any atom is 0.255 e. The first kappa shape index (κ1) is 25.0. The van der Waals surface area contributed by atoms with Gasteiger partial charge in [0.15, 0.2) is 0 Å². The third-order valence-corrected chi connectivity index (χ3v) is 5.63. The van der Waals surface area contributed by atoms with Crippen LogP contribution in [0.15, 0.2) is 78.9 Å². The third-order valence-electron chi connectivity index (χ3n) is 5.63. The standard InChI is InChI=1S/C28H33N3O3/c1-3-31(4-2)20-19-29-27(32)23-10-14-25(15-11-23)30-28(33)24-12-16-26(17-13-24)34-21-18-22-8-6-5-7-9-22/h5-17H,3-4,18-21H2,1-2H3,(H,29,32)(H,30,33). The van der Waals surface area contributed by atoms with E-state index in [4.69, 9.17) is 4.74 Å². The second-order valence-corrected chi connectivity index (χ2v) is 7.92. The summed E-state index contributed by atoms with van der Waals surface area (Å²) in [5, 5.41) is 5.80. The lowest BCUT2D eigenvalue weighted by atomic mass is 10.1. The fourth-order valence-electron chi connectivity index (χ4n) is 3.51. The van der Waals surface area contributed by atoms with Crippen LogP contribution in [-0.2, 0) is 6.42 Å². The molecule has 178 valence electrons. The van der Waals surface area contributed by atoms with Crippen molar-refractivity contribution in [2.75, 3.05) is 38.1 Å². The Labute approximate surface area is 201 Å². The Morgan fingerprint density at radius 1 is 0.794 bits per heavy atom. The molecule has 0 saturated carbocycles. The molecule has 3 rings (SSSR count). The predicted molar refractivity (Wildman–Crippen MR) is 137 cm³/mol. The van der Waals surface area contributed by atoms with Crippen LogP contribution >= 0.6 is 0 Å². The summed E-state index contributed by atoms with van der Waals surface area (Å²) in [6.45, 7) is 8.14. The number of carbonyl (C=O) groups excluding carboxylic acids is 2. The first-order chi connectivity index (χ1) is 16.6. The lowest BCUT2D eigenvalue weighted by molar-refractivity contribution is 0.0948. The summed E-state index contributed by atoms with van der Waals surface area (Å²) in [4.78, 5) is 27.1. The molecule has 0 atom stereocenters. The molecule has 0 spiro atoms. The number of nitrogens with one attached hydrogen (secondary N) is 2. The Hall–Kier alpha value is -3.64. The van der Waals surface area contributed by atoms with Crippen LogP contribution in [0.1, 0.15) is 40.1 Å². The van der Waals surface area contributed by atoms with Gasteiger partial charge < -0.3 is 20.3 Å². The number of amides is 2. The maximum absolute atomic E-state index is 12.6. The number of likely N-dealkylation sites (N-methyl/N-ethyl adjacent to an activating group) is 1. The van der Waals surface area contributed by atoms with Gasteiger partial charge in [0, 0.05) is 36.3 Å². The molecule has 6 heteroatoms. The number of hydrogen-bond donors (Lipinski definition) is 2. The number of nitrogens with zero attached hydrogens (tertiary/aromatic N) is 1. The molecule has 2 amide bonds. The molecule has 0 aliphatic rings. The van der Waals surface area contributed by atoms with E-state index >= 15 is 0 Å². The Morgan fingerprint density at radius 3 is 2.06 bits per heavy atom. The van der Waals surface area contributed by atoms with Crippen LogP contribution in [0.5, 0.6) is 5.75 Å². The molecular weight excluding hydrogens is 426 g/mol. The number of ether oxygens (including phenoxy) is 1. The zero-order chi connectivity index (χ0) is 24.2. The fourth-order valence-corrected chi connectivity index (χ4v) is 3.51. The Balaban J connectivity index is 1.45. The van der Waals surface area contributed by atoms with Crippen molar-refractivity contribution in [1.29, 1.82) is 0 Å². The van der Waals surface area contributed by atoms with Gasteiger partial charge in [0.1, 0.15) is 5.75 Å². The molecule has 0 radical (unpaired) electrons. The average Bonchev–Trinajstić information content (AvgIpc) is 2.88. The highest BCUT2D eigenvalue weighted by atomic mass is 16.5. The fraction of sp³-hybridized carbons (Fsp3) is 0.286. The molecule has 34 heavy (non-hydrogen) atoms. The molecule has 0 aliphatic heterocycles. The molecule has 3 aromatic carbocycles. The summed E-state index contributed by atoms with van der Waals surface area (Å²) in [6, 6.07) is 24.1. The highest BCUT2D eigenvalue weighted by Crippen LogP contribution is 2.15. The van der Waals surface area contributed by atoms with E-state index < -0.39 is 0 Å². The number of benzene rings is 3. The molecule has 0 aromatic heterocycles. The van der Waals surface area contributed by atoms with E-state index in [9.17, 15) is 9.59 Å². The van der Waals surface area contributed by atoms with E-state index in [-0.39, 0.29) is 11.8 Å². The van der Waals surface area contributed by atoms with Crippen LogP contribution in [0.2, 0.25) is 0 Å². The third kappa shape index (κ3) is 7.74. The first-order valence-electron chi connectivity index (χ1n) is 11.8. The predicted octanol–water partition coefficient (Wildman–Crippen LogP) is 4.63. The summed E-state index contributed by atoms with van der Waals surface area (Å²) in [6.07, 6.45) is 0.826. The second-order valence-electron chi connectivity index (χ2n) is 7.92. The van der Waals surface area contributed by atoms with E-state index in [0.717, 1.165) is 31.8 Å². The van der Waals surface area contributed by atoms with E-state index in [0.29, 0.717) is 30.0 Å². The molecule has 2 N–H and O–H groups in total. The monoisotopic (exact) mass is 459 g/mol. The van der Waals surface area contributed by atoms with Crippen LogP contribution in [-0.4, -0.2) is 49.5 Å². The smallest absolute Gasteiger partial charge is 0.255 e.